The van der Waals surface area contributed by atoms with E-state index in [0.717, 1.165) is 53.4 Å². The van der Waals surface area contributed by atoms with Crippen molar-refractivity contribution in [2.45, 2.75) is 44.8 Å². The maximum Gasteiger partial charge on any atom is 0.310 e. The number of piperidine rings is 3. The van der Waals surface area contributed by atoms with Gasteiger partial charge >= 0.3 is 5.97 Å². The van der Waals surface area contributed by atoms with Crippen molar-refractivity contribution in [1.82, 2.24) is 9.88 Å². The van der Waals surface area contributed by atoms with E-state index in [-0.39, 0.29) is 18.1 Å². The number of rotatable bonds is 6. The molecule has 3 saturated heterocycles. The second-order valence-corrected chi connectivity index (χ2v) is 9.01. The topological polar surface area (TPSA) is 42.4 Å². The summed E-state index contributed by atoms with van der Waals surface area (Å²) in [6.45, 7) is 4.51. The molecule has 2 aromatic carbocycles. The third kappa shape index (κ3) is 4.09. The van der Waals surface area contributed by atoms with Crippen molar-refractivity contribution in [3.8, 4) is 0 Å². The molecule has 3 fully saturated rings. The minimum Gasteiger partial charge on any atom is -0.456 e. The predicted molar refractivity (Wildman–Crippen MR) is 123 cm³/mol. The molecular formula is C27H30N2O2. The highest BCUT2D eigenvalue weighted by Crippen LogP contribution is 2.44. The molecule has 1 aromatic heterocycles. The first-order valence-electron chi connectivity index (χ1n) is 11.5. The van der Waals surface area contributed by atoms with Crippen molar-refractivity contribution in [3.05, 3.63) is 78.0 Å². The third-order valence-corrected chi connectivity index (χ3v) is 7.25. The van der Waals surface area contributed by atoms with Crippen LogP contribution in [0, 0.1) is 11.8 Å². The molecular weight excluding hydrogens is 384 g/mol. The normalized spacial score (nSPS) is 26.0. The zero-order valence-electron chi connectivity index (χ0n) is 18.1. The van der Waals surface area contributed by atoms with Crippen LogP contribution in [0.5, 0.6) is 0 Å². The first-order chi connectivity index (χ1) is 15.2. The summed E-state index contributed by atoms with van der Waals surface area (Å²) in [6.07, 6.45) is 5.46. The van der Waals surface area contributed by atoms with E-state index in [9.17, 15) is 4.79 Å². The number of carbonyl (C=O) groups is 1. The lowest BCUT2D eigenvalue weighted by Gasteiger charge is -2.51. The molecule has 4 heterocycles. The standard InChI is InChI=1S/C27H30N2O2/c1-2-20-18-29-15-13-21(20)17-25(29)27(31-26(30)16-19-8-4-3-5-9-19)23-12-14-28-24-11-7-6-10-22(23)24/h3-12,14,20-21,25,27H,2,13,15-18H2,1H3. The van der Waals surface area contributed by atoms with Crippen molar-refractivity contribution >= 4 is 16.9 Å². The van der Waals surface area contributed by atoms with E-state index in [2.05, 4.69) is 22.9 Å². The molecule has 0 amide bonds. The van der Waals surface area contributed by atoms with Gasteiger partial charge < -0.3 is 4.74 Å². The number of hydrogen-bond acceptors (Lipinski definition) is 4. The zero-order valence-corrected chi connectivity index (χ0v) is 18.1. The highest BCUT2D eigenvalue weighted by Gasteiger charge is 2.44. The highest BCUT2D eigenvalue weighted by molar-refractivity contribution is 5.83. The summed E-state index contributed by atoms with van der Waals surface area (Å²) in [5.74, 6) is 1.33. The Morgan fingerprint density at radius 2 is 1.94 bits per heavy atom. The number of nitrogens with zero attached hydrogens (tertiary/aromatic N) is 2. The van der Waals surface area contributed by atoms with E-state index in [1.54, 1.807) is 0 Å². The van der Waals surface area contributed by atoms with Crippen molar-refractivity contribution in [2.75, 3.05) is 13.1 Å². The Morgan fingerprint density at radius 3 is 2.71 bits per heavy atom. The van der Waals surface area contributed by atoms with Gasteiger partial charge in [0.25, 0.3) is 0 Å². The van der Waals surface area contributed by atoms with Gasteiger partial charge in [-0.05, 0) is 48.9 Å². The molecule has 3 aliphatic rings. The van der Waals surface area contributed by atoms with E-state index >= 15 is 0 Å². The van der Waals surface area contributed by atoms with Gasteiger partial charge in [-0.2, -0.15) is 0 Å². The van der Waals surface area contributed by atoms with E-state index in [1.807, 2.05) is 60.8 Å². The Bertz CT molecular complexity index is 1050. The Kier molecular flexibility index (Phi) is 5.73. The molecule has 0 saturated carbocycles. The minimum absolute atomic E-state index is 0.160. The van der Waals surface area contributed by atoms with Crippen molar-refractivity contribution in [2.24, 2.45) is 11.8 Å². The number of hydrogen-bond donors (Lipinski definition) is 0. The summed E-state index contributed by atoms with van der Waals surface area (Å²) < 4.78 is 6.30. The first-order valence-corrected chi connectivity index (χ1v) is 11.5. The van der Waals surface area contributed by atoms with Gasteiger partial charge in [0.05, 0.1) is 18.0 Å². The van der Waals surface area contributed by atoms with E-state index < -0.39 is 0 Å². The summed E-state index contributed by atoms with van der Waals surface area (Å²) >= 11 is 0. The summed E-state index contributed by atoms with van der Waals surface area (Å²) in [4.78, 5) is 20.2. The second-order valence-electron chi connectivity index (χ2n) is 9.01. The smallest absolute Gasteiger partial charge is 0.310 e. The van der Waals surface area contributed by atoms with E-state index in [1.165, 1.54) is 12.8 Å². The fourth-order valence-corrected chi connectivity index (χ4v) is 5.62. The average molecular weight is 415 g/mol. The van der Waals surface area contributed by atoms with Crippen LogP contribution in [0.1, 0.15) is 43.4 Å². The van der Waals surface area contributed by atoms with Crippen molar-refractivity contribution < 1.29 is 9.53 Å². The van der Waals surface area contributed by atoms with Crippen LogP contribution in [0.15, 0.2) is 66.9 Å². The number of esters is 1. The van der Waals surface area contributed by atoms with Crippen LogP contribution >= 0.6 is 0 Å². The molecule has 6 rings (SSSR count). The molecule has 31 heavy (non-hydrogen) atoms. The van der Waals surface area contributed by atoms with Gasteiger partial charge in [-0.1, -0.05) is 61.9 Å². The molecule has 160 valence electrons. The quantitative estimate of drug-likeness (QED) is 0.521. The van der Waals surface area contributed by atoms with E-state index in [4.69, 9.17) is 4.74 Å². The molecule has 4 nitrogen and oxygen atoms in total. The Balaban J connectivity index is 1.48. The van der Waals surface area contributed by atoms with Gasteiger partial charge in [0.1, 0.15) is 6.10 Å². The summed E-state index contributed by atoms with van der Waals surface area (Å²) in [7, 11) is 0. The van der Waals surface area contributed by atoms with Crippen LogP contribution in [-0.4, -0.2) is 35.0 Å². The van der Waals surface area contributed by atoms with Crippen LogP contribution < -0.4 is 0 Å². The van der Waals surface area contributed by atoms with Crippen molar-refractivity contribution in [1.29, 1.82) is 0 Å². The van der Waals surface area contributed by atoms with Crippen LogP contribution in [0.4, 0.5) is 0 Å². The van der Waals surface area contributed by atoms with Gasteiger partial charge in [-0.25, -0.2) is 0 Å². The SMILES string of the molecule is CCC1CN2CCC1CC2C(OC(=O)Cc1ccccc1)c1ccnc2ccccc12. The van der Waals surface area contributed by atoms with Gasteiger partial charge in [-0.15, -0.1) is 0 Å². The number of fused-ring (bicyclic) bond motifs is 4. The fraction of sp³-hybridized carbons (Fsp3) is 0.407. The number of ether oxygens (including phenoxy) is 1. The molecule has 4 heteroatoms. The predicted octanol–water partition coefficient (Wildman–Crippen LogP) is 5.18. The largest absolute Gasteiger partial charge is 0.456 e. The summed E-state index contributed by atoms with van der Waals surface area (Å²) in [5.41, 5.74) is 3.02. The number of aromatic nitrogens is 1. The highest BCUT2D eigenvalue weighted by atomic mass is 16.5. The maximum atomic E-state index is 13.0. The molecule has 0 N–H and O–H groups in total. The first kappa shape index (κ1) is 20.2. The number of para-hydroxylation sites is 1. The minimum atomic E-state index is -0.273. The maximum absolute atomic E-state index is 13.0. The Hall–Kier alpha value is -2.72. The number of benzene rings is 2. The zero-order chi connectivity index (χ0) is 21.2. The number of pyridine rings is 1. The summed E-state index contributed by atoms with van der Waals surface area (Å²) in [6, 6.07) is 20.3. The summed E-state index contributed by atoms with van der Waals surface area (Å²) in [5, 5.41) is 1.08. The van der Waals surface area contributed by atoms with Gasteiger partial charge in [-0.3, -0.25) is 14.7 Å². The van der Waals surface area contributed by atoms with Crippen LogP contribution in [0.2, 0.25) is 0 Å². The second kappa shape index (κ2) is 8.80. The molecule has 2 bridgehead atoms. The third-order valence-electron chi connectivity index (χ3n) is 7.25. The van der Waals surface area contributed by atoms with Crippen LogP contribution in [0.3, 0.4) is 0 Å². The lowest BCUT2D eigenvalue weighted by atomic mass is 9.72. The molecule has 3 aliphatic heterocycles. The molecule has 5 atom stereocenters. The molecule has 0 aliphatic carbocycles. The number of carbonyl (C=O) groups excluding carboxylic acids is 1. The van der Waals surface area contributed by atoms with Crippen LogP contribution in [-0.2, 0) is 16.0 Å². The monoisotopic (exact) mass is 414 g/mol. The van der Waals surface area contributed by atoms with Gasteiger partial charge in [0, 0.05) is 23.7 Å². The Morgan fingerprint density at radius 1 is 1.13 bits per heavy atom. The average Bonchev–Trinajstić information content (AvgIpc) is 2.83. The molecule has 0 radical (unpaired) electrons. The van der Waals surface area contributed by atoms with Crippen molar-refractivity contribution in [3.63, 3.8) is 0 Å². The Labute approximate surface area is 184 Å². The van der Waals surface area contributed by atoms with Gasteiger partial charge in [0.2, 0.25) is 0 Å². The molecule has 3 aromatic rings. The van der Waals surface area contributed by atoms with Gasteiger partial charge in [0.15, 0.2) is 0 Å². The molecule has 0 spiro atoms. The van der Waals surface area contributed by atoms with E-state index in [0.29, 0.717) is 6.42 Å². The molecule has 5 unspecified atom stereocenters. The fourth-order valence-electron chi connectivity index (χ4n) is 5.62. The van der Waals surface area contributed by atoms with Crippen LogP contribution in [0.25, 0.3) is 10.9 Å². The lowest BCUT2D eigenvalue weighted by molar-refractivity contribution is -0.157. The lowest BCUT2D eigenvalue weighted by Crippen LogP contribution is -2.55.